The van der Waals surface area contributed by atoms with Crippen LogP contribution in [0.5, 0.6) is 0 Å². The van der Waals surface area contributed by atoms with Gasteiger partial charge in [0, 0.05) is 11.6 Å². The molecule has 3 nitrogen and oxygen atoms in total. The van der Waals surface area contributed by atoms with Crippen LogP contribution in [-0.4, -0.2) is 22.9 Å². The van der Waals surface area contributed by atoms with Gasteiger partial charge in [-0.3, -0.25) is 5.32 Å². The van der Waals surface area contributed by atoms with Gasteiger partial charge in [-0.25, -0.2) is 0 Å². The first-order valence-electron chi connectivity index (χ1n) is 4.92. The van der Waals surface area contributed by atoms with Crippen LogP contribution in [0.2, 0.25) is 0 Å². The maximum absolute atomic E-state index is 9.37. The Morgan fingerprint density at radius 2 is 1.75 bits per heavy atom. The summed E-state index contributed by atoms with van der Waals surface area (Å²) in [5.74, 6) is 0. The van der Waals surface area contributed by atoms with Crippen LogP contribution in [0.3, 0.4) is 0 Å². The highest BCUT2D eigenvalue weighted by Gasteiger charge is 2.39. The molecule has 1 spiro atoms. The lowest BCUT2D eigenvalue weighted by atomic mass is 9.79. The minimum atomic E-state index is -0.265. The molecular weight excluding hydrogens is 152 g/mol. The molecule has 0 amide bonds. The van der Waals surface area contributed by atoms with Gasteiger partial charge >= 0.3 is 0 Å². The molecule has 3 heteroatoms. The average molecular weight is 170 g/mol. The Morgan fingerprint density at radius 3 is 2.25 bits per heavy atom. The summed E-state index contributed by atoms with van der Waals surface area (Å²) in [6.07, 6.45) is 6.28. The van der Waals surface area contributed by atoms with Crippen molar-refractivity contribution in [1.82, 2.24) is 5.32 Å². The van der Waals surface area contributed by atoms with E-state index in [1.54, 1.807) is 0 Å². The summed E-state index contributed by atoms with van der Waals surface area (Å²) in [6, 6.07) is 0.398. The van der Waals surface area contributed by atoms with E-state index in [1.165, 1.54) is 0 Å². The van der Waals surface area contributed by atoms with Gasteiger partial charge in [-0.1, -0.05) is 0 Å². The predicted octanol–water partition coefficient (Wildman–Crippen LogP) is 0.328. The average Bonchev–Trinajstić information content (AvgIpc) is 2.40. The largest absolute Gasteiger partial charge is 0.379 e. The van der Waals surface area contributed by atoms with E-state index in [1.807, 2.05) is 0 Å². The molecule has 0 aromatic rings. The van der Waals surface area contributed by atoms with Crippen LogP contribution in [0.15, 0.2) is 0 Å². The Labute approximate surface area is 73.3 Å². The van der Waals surface area contributed by atoms with Crippen LogP contribution in [0.1, 0.15) is 38.5 Å². The summed E-state index contributed by atoms with van der Waals surface area (Å²) < 4.78 is 0. The van der Waals surface area contributed by atoms with Gasteiger partial charge in [-0.15, -0.1) is 0 Å². The number of hydrogen-bond acceptors (Lipinski definition) is 3. The van der Waals surface area contributed by atoms with Gasteiger partial charge in [0.2, 0.25) is 0 Å². The van der Waals surface area contributed by atoms with Crippen LogP contribution < -0.4 is 11.1 Å². The predicted molar refractivity (Wildman–Crippen MR) is 47.6 cm³/mol. The molecule has 1 saturated heterocycles. The molecule has 1 unspecified atom stereocenters. The third-order valence-corrected chi connectivity index (χ3v) is 3.36. The Hall–Kier alpha value is -0.120. The molecule has 4 N–H and O–H groups in total. The molecule has 2 rings (SSSR count). The van der Waals surface area contributed by atoms with E-state index < -0.39 is 0 Å². The zero-order chi connectivity index (χ0) is 8.60. The first-order chi connectivity index (χ1) is 5.70. The Morgan fingerprint density at radius 1 is 1.17 bits per heavy atom. The summed E-state index contributed by atoms with van der Waals surface area (Å²) >= 11 is 0. The topological polar surface area (TPSA) is 58.3 Å². The second-order valence-electron chi connectivity index (χ2n) is 4.32. The van der Waals surface area contributed by atoms with Crippen molar-refractivity contribution >= 4 is 0 Å². The molecule has 1 heterocycles. The molecule has 0 bridgehead atoms. The van der Waals surface area contributed by atoms with Crippen molar-refractivity contribution < 1.29 is 5.11 Å². The van der Waals surface area contributed by atoms with Gasteiger partial charge in [-0.2, -0.15) is 0 Å². The highest BCUT2D eigenvalue weighted by Crippen LogP contribution is 2.35. The smallest absolute Gasteiger partial charge is 0.105 e. The number of nitrogens with two attached hydrogens (primary N) is 1. The van der Waals surface area contributed by atoms with Gasteiger partial charge in [0.05, 0.1) is 0 Å². The molecule has 1 aliphatic heterocycles. The van der Waals surface area contributed by atoms with Gasteiger partial charge in [-0.05, 0) is 38.5 Å². The molecule has 0 aromatic heterocycles. The number of rotatable bonds is 0. The lowest BCUT2D eigenvalue weighted by molar-refractivity contribution is 0.126. The lowest BCUT2D eigenvalue weighted by Crippen LogP contribution is -2.47. The second-order valence-corrected chi connectivity index (χ2v) is 4.32. The Kier molecular flexibility index (Phi) is 2.10. The summed E-state index contributed by atoms with van der Waals surface area (Å²) in [6.45, 7) is 0. The quantitative estimate of drug-likeness (QED) is 0.491. The number of aliphatic hydroxyl groups excluding tert-OH is 1. The second kappa shape index (κ2) is 2.98. The van der Waals surface area contributed by atoms with Crippen molar-refractivity contribution in [3.05, 3.63) is 0 Å². The van der Waals surface area contributed by atoms with Crippen molar-refractivity contribution in [1.29, 1.82) is 0 Å². The highest BCUT2D eigenvalue weighted by atomic mass is 16.3. The highest BCUT2D eigenvalue weighted by molar-refractivity contribution is 4.98. The van der Waals surface area contributed by atoms with Crippen molar-refractivity contribution in [2.45, 2.75) is 56.3 Å². The first-order valence-corrected chi connectivity index (χ1v) is 4.92. The van der Waals surface area contributed by atoms with Crippen LogP contribution in [0.4, 0.5) is 0 Å². The normalized spacial score (nSPS) is 48.5. The maximum atomic E-state index is 9.37. The van der Waals surface area contributed by atoms with Gasteiger partial charge in [0.1, 0.15) is 6.23 Å². The third-order valence-electron chi connectivity index (χ3n) is 3.36. The van der Waals surface area contributed by atoms with Crippen LogP contribution in [-0.2, 0) is 0 Å². The fourth-order valence-electron chi connectivity index (χ4n) is 2.50. The summed E-state index contributed by atoms with van der Waals surface area (Å²) in [5, 5.41) is 12.7. The van der Waals surface area contributed by atoms with Gasteiger partial charge in [0.15, 0.2) is 0 Å². The zero-order valence-corrected chi connectivity index (χ0v) is 7.42. The Balaban J connectivity index is 1.95. The standard InChI is InChI=1S/C9H18N2O/c10-7-1-4-9(5-2-7)6-3-8(12)11-9/h7-8,11-12H,1-6,10H2. The van der Waals surface area contributed by atoms with E-state index in [9.17, 15) is 5.11 Å². The SMILES string of the molecule is NC1CCC2(CC1)CCC(O)N2. The minimum Gasteiger partial charge on any atom is -0.379 e. The Bertz CT molecular complexity index is 164. The zero-order valence-electron chi connectivity index (χ0n) is 7.42. The number of nitrogens with one attached hydrogen (secondary N) is 1. The van der Waals surface area contributed by atoms with Crippen molar-refractivity contribution in [3.63, 3.8) is 0 Å². The molecular formula is C9H18N2O. The molecule has 1 saturated carbocycles. The molecule has 2 fully saturated rings. The summed E-state index contributed by atoms with van der Waals surface area (Å²) in [5.41, 5.74) is 6.08. The van der Waals surface area contributed by atoms with Crippen molar-refractivity contribution in [2.75, 3.05) is 0 Å². The van der Waals surface area contributed by atoms with Crippen LogP contribution >= 0.6 is 0 Å². The van der Waals surface area contributed by atoms with E-state index in [2.05, 4.69) is 5.32 Å². The van der Waals surface area contributed by atoms with Gasteiger partial charge < -0.3 is 10.8 Å². The van der Waals surface area contributed by atoms with Crippen LogP contribution in [0.25, 0.3) is 0 Å². The fourth-order valence-corrected chi connectivity index (χ4v) is 2.50. The van der Waals surface area contributed by atoms with E-state index >= 15 is 0 Å². The lowest BCUT2D eigenvalue weighted by Gasteiger charge is -2.36. The fraction of sp³-hybridized carbons (Fsp3) is 1.00. The molecule has 0 aromatic carbocycles. The van der Waals surface area contributed by atoms with Crippen molar-refractivity contribution in [3.8, 4) is 0 Å². The first kappa shape index (κ1) is 8.48. The van der Waals surface area contributed by atoms with E-state index in [-0.39, 0.29) is 11.8 Å². The van der Waals surface area contributed by atoms with E-state index in [0.29, 0.717) is 6.04 Å². The molecule has 12 heavy (non-hydrogen) atoms. The number of aliphatic hydroxyl groups is 1. The van der Waals surface area contributed by atoms with Crippen LogP contribution in [0, 0.1) is 0 Å². The molecule has 0 radical (unpaired) electrons. The molecule has 1 aliphatic carbocycles. The molecule has 2 aliphatic rings. The minimum absolute atomic E-state index is 0.245. The third kappa shape index (κ3) is 1.49. The summed E-state index contributed by atoms with van der Waals surface area (Å²) in [4.78, 5) is 0. The van der Waals surface area contributed by atoms with E-state index in [4.69, 9.17) is 5.73 Å². The monoisotopic (exact) mass is 170 g/mol. The molecule has 70 valence electrons. The summed E-state index contributed by atoms with van der Waals surface area (Å²) in [7, 11) is 0. The van der Waals surface area contributed by atoms with Crippen molar-refractivity contribution in [2.24, 2.45) is 5.73 Å². The van der Waals surface area contributed by atoms with E-state index in [0.717, 1.165) is 38.5 Å². The number of hydrogen-bond donors (Lipinski definition) is 3. The maximum Gasteiger partial charge on any atom is 0.105 e. The molecule has 1 atom stereocenters. The van der Waals surface area contributed by atoms with Gasteiger partial charge in [0.25, 0.3) is 0 Å².